The van der Waals surface area contributed by atoms with Gasteiger partial charge in [-0.2, -0.15) is 0 Å². The van der Waals surface area contributed by atoms with E-state index in [1.54, 1.807) is 0 Å². The highest BCUT2D eigenvalue weighted by Crippen LogP contribution is 2.29. The van der Waals surface area contributed by atoms with E-state index >= 15 is 0 Å². The summed E-state index contributed by atoms with van der Waals surface area (Å²) < 4.78 is 0. The molecule has 1 saturated carbocycles. The van der Waals surface area contributed by atoms with Crippen molar-refractivity contribution in [3.8, 4) is 0 Å². The molecule has 31 heavy (non-hydrogen) atoms. The van der Waals surface area contributed by atoms with Gasteiger partial charge in [-0.05, 0) is 64.1 Å². The van der Waals surface area contributed by atoms with Crippen molar-refractivity contribution in [3.63, 3.8) is 0 Å². The fraction of sp³-hybridized carbons (Fsp3) is 0.615. The Kier molecular flexibility index (Phi) is 11.4. The Hall–Kier alpha value is -2.14. The monoisotopic (exact) mass is 423 g/mol. The van der Waals surface area contributed by atoms with Crippen molar-refractivity contribution in [1.82, 2.24) is 15.3 Å². The number of hydrogen-bond acceptors (Lipinski definition) is 5. The molecule has 1 N–H and O–H groups in total. The summed E-state index contributed by atoms with van der Waals surface area (Å²) in [5, 5.41) is 3.24. The summed E-state index contributed by atoms with van der Waals surface area (Å²) in [5.41, 5.74) is 4.39. The number of dihydropyridines is 1. The first-order valence-electron chi connectivity index (χ1n) is 12.1. The Labute approximate surface area is 189 Å². The molecule has 1 atom stereocenters. The van der Waals surface area contributed by atoms with E-state index < -0.39 is 0 Å². The van der Waals surface area contributed by atoms with Crippen LogP contribution in [0, 0.1) is 11.8 Å². The number of nitrogens with zero attached hydrogens (tertiary/aromatic N) is 4. The Bertz CT molecular complexity index is 785. The van der Waals surface area contributed by atoms with E-state index in [4.69, 9.17) is 4.98 Å². The minimum absolute atomic E-state index is 0.442. The third-order valence-electron chi connectivity index (χ3n) is 5.78. The first kappa shape index (κ1) is 25.1. The maximum absolute atomic E-state index is 4.81. The van der Waals surface area contributed by atoms with E-state index in [2.05, 4.69) is 52.5 Å². The van der Waals surface area contributed by atoms with Gasteiger partial charge in [-0.25, -0.2) is 15.0 Å². The maximum atomic E-state index is 4.81. The second-order valence-electron chi connectivity index (χ2n) is 8.24. The van der Waals surface area contributed by atoms with Crippen molar-refractivity contribution < 1.29 is 0 Å². The highest BCUT2D eigenvalue weighted by molar-refractivity contribution is 6.12. The van der Waals surface area contributed by atoms with E-state index in [-0.39, 0.29) is 0 Å². The van der Waals surface area contributed by atoms with Gasteiger partial charge >= 0.3 is 0 Å². The Morgan fingerprint density at radius 3 is 2.74 bits per heavy atom. The standard InChI is InChI=1S/C24H35N5.C2H6/c1-18(11-14-25-3)16-22(21-10-7-13-26-19(21)2)23-12-15-27-24(29-23)28-17-20-8-5-4-6-9-20;1-2/h10,12,15-18,20,25H,4-9,11,13-14H2,1-3H3;1-2H3/b22-16+,28-17+;. The van der Waals surface area contributed by atoms with Crippen LogP contribution in [0.15, 0.2) is 40.0 Å². The lowest BCUT2D eigenvalue weighted by Gasteiger charge is -2.18. The van der Waals surface area contributed by atoms with Crippen LogP contribution in [0.25, 0.3) is 5.57 Å². The molecule has 0 aromatic carbocycles. The average molecular weight is 424 g/mol. The first-order valence-corrected chi connectivity index (χ1v) is 12.1. The maximum Gasteiger partial charge on any atom is 0.249 e. The molecule has 0 bridgehead atoms. The van der Waals surface area contributed by atoms with Gasteiger partial charge in [0.15, 0.2) is 0 Å². The fourth-order valence-electron chi connectivity index (χ4n) is 4.05. The number of rotatable bonds is 8. The minimum Gasteiger partial charge on any atom is -0.320 e. The third-order valence-corrected chi connectivity index (χ3v) is 5.78. The topological polar surface area (TPSA) is 62.5 Å². The molecule has 1 aromatic rings. The summed E-state index contributed by atoms with van der Waals surface area (Å²) in [6.07, 6.45) is 17.0. The van der Waals surface area contributed by atoms with Gasteiger partial charge in [-0.1, -0.05) is 52.2 Å². The van der Waals surface area contributed by atoms with Crippen LogP contribution in [0.4, 0.5) is 5.95 Å². The van der Waals surface area contributed by atoms with Crippen LogP contribution in [0.1, 0.15) is 78.3 Å². The lowest BCUT2D eigenvalue weighted by Crippen LogP contribution is -2.12. The fourth-order valence-corrected chi connectivity index (χ4v) is 4.05. The number of aromatic nitrogens is 2. The van der Waals surface area contributed by atoms with Gasteiger partial charge in [-0.15, -0.1) is 0 Å². The number of allylic oxidation sites excluding steroid dienone is 3. The minimum atomic E-state index is 0.442. The molecular formula is C26H41N5. The van der Waals surface area contributed by atoms with Crippen LogP contribution < -0.4 is 5.32 Å². The van der Waals surface area contributed by atoms with Gasteiger partial charge in [0.05, 0.1) is 5.69 Å². The van der Waals surface area contributed by atoms with Crippen molar-refractivity contribution in [2.24, 2.45) is 21.8 Å². The lowest BCUT2D eigenvalue weighted by atomic mass is 9.90. The van der Waals surface area contributed by atoms with E-state index in [0.29, 0.717) is 17.8 Å². The number of aliphatic imine (C=N–C) groups is 2. The van der Waals surface area contributed by atoms with Gasteiger partial charge in [0.1, 0.15) is 0 Å². The summed E-state index contributed by atoms with van der Waals surface area (Å²) in [7, 11) is 2.00. The van der Waals surface area contributed by atoms with Gasteiger partial charge in [0.2, 0.25) is 5.95 Å². The zero-order valence-corrected chi connectivity index (χ0v) is 20.2. The van der Waals surface area contributed by atoms with E-state index in [0.717, 1.165) is 42.9 Å². The lowest BCUT2D eigenvalue weighted by molar-refractivity contribution is 0.445. The molecule has 1 aliphatic heterocycles. The molecule has 1 aromatic heterocycles. The molecule has 0 saturated heterocycles. The quantitative estimate of drug-likeness (QED) is 0.506. The smallest absolute Gasteiger partial charge is 0.249 e. The summed E-state index contributed by atoms with van der Waals surface area (Å²) in [4.78, 5) is 18.5. The molecule has 1 unspecified atom stereocenters. The Balaban J connectivity index is 0.00000166. The molecule has 2 aliphatic rings. The summed E-state index contributed by atoms with van der Waals surface area (Å²) in [6.45, 7) is 10.2. The second-order valence-corrected chi connectivity index (χ2v) is 8.24. The van der Waals surface area contributed by atoms with Gasteiger partial charge in [-0.3, -0.25) is 4.99 Å². The number of nitrogens with one attached hydrogen (secondary N) is 1. The Morgan fingerprint density at radius 2 is 2.03 bits per heavy atom. The van der Waals surface area contributed by atoms with E-state index in [9.17, 15) is 0 Å². The highest BCUT2D eigenvalue weighted by Gasteiger charge is 2.17. The van der Waals surface area contributed by atoms with E-state index in [1.165, 1.54) is 37.7 Å². The molecule has 3 rings (SSSR count). The van der Waals surface area contributed by atoms with Crippen molar-refractivity contribution in [2.75, 3.05) is 20.1 Å². The van der Waals surface area contributed by atoms with Crippen LogP contribution in [0.5, 0.6) is 0 Å². The first-order chi connectivity index (χ1) is 15.2. The predicted molar refractivity (Wildman–Crippen MR) is 134 cm³/mol. The molecule has 2 heterocycles. The largest absolute Gasteiger partial charge is 0.320 e. The Morgan fingerprint density at radius 1 is 1.26 bits per heavy atom. The normalized spacial score (nSPS) is 18.8. The van der Waals surface area contributed by atoms with Gasteiger partial charge in [0, 0.05) is 35.8 Å². The molecular weight excluding hydrogens is 382 g/mol. The molecule has 5 heteroatoms. The molecule has 1 fully saturated rings. The van der Waals surface area contributed by atoms with Crippen LogP contribution in [0.3, 0.4) is 0 Å². The third kappa shape index (κ3) is 8.13. The van der Waals surface area contributed by atoms with Crippen molar-refractivity contribution in [2.45, 2.75) is 72.6 Å². The van der Waals surface area contributed by atoms with Crippen LogP contribution in [-0.2, 0) is 0 Å². The molecule has 0 spiro atoms. The zero-order chi connectivity index (χ0) is 22.5. The summed E-state index contributed by atoms with van der Waals surface area (Å²) in [6, 6.07) is 2.00. The van der Waals surface area contributed by atoms with Crippen molar-refractivity contribution in [3.05, 3.63) is 35.7 Å². The van der Waals surface area contributed by atoms with Gasteiger partial charge < -0.3 is 5.32 Å². The van der Waals surface area contributed by atoms with Crippen LogP contribution in [-0.4, -0.2) is 42.0 Å². The van der Waals surface area contributed by atoms with Gasteiger partial charge in [0.25, 0.3) is 0 Å². The molecule has 5 nitrogen and oxygen atoms in total. The van der Waals surface area contributed by atoms with Crippen molar-refractivity contribution in [1.29, 1.82) is 0 Å². The molecule has 1 aliphatic carbocycles. The molecule has 0 radical (unpaired) electrons. The van der Waals surface area contributed by atoms with Crippen LogP contribution >= 0.6 is 0 Å². The van der Waals surface area contributed by atoms with E-state index in [1.807, 2.05) is 33.2 Å². The average Bonchev–Trinajstić information content (AvgIpc) is 2.82. The van der Waals surface area contributed by atoms with Crippen LogP contribution in [0.2, 0.25) is 0 Å². The molecule has 170 valence electrons. The van der Waals surface area contributed by atoms with Crippen molar-refractivity contribution >= 4 is 23.4 Å². The zero-order valence-electron chi connectivity index (χ0n) is 20.2. The SMILES string of the molecule is CC.CNCCC(C)/C=C(\C1=CCCN=C1C)c1ccnc(/N=C/C2CCCCC2)n1. The second kappa shape index (κ2) is 14.0. The highest BCUT2D eigenvalue weighted by atomic mass is 15.0. The molecule has 0 amide bonds. The predicted octanol–water partition coefficient (Wildman–Crippen LogP) is 6.21. The summed E-state index contributed by atoms with van der Waals surface area (Å²) in [5.74, 6) is 1.58. The summed E-state index contributed by atoms with van der Waals surface area (Å²) >= 11 is 0. The number of hydrogen-bond donors (Lipinski definition) is 1.